The number of rotatable bonds is 15. The lowest BCUT2D eigenvalue weighted by atomic mass is 9.66. The van der Waals surface area contributed by atoms with Crippen molar-refractivity contribution in [3.05, 3.63) is 55.6 Å². The standard InChI is InChI=1S/C33H47N3O5/c1-6-15-24(4)34(20-7-2)31(40)28-33-19-18-32(5,41-33)26(27(33)30(39)36(28)22-13-10-14-23-37)29(38)35(21-8-3)25-16-11-9-12-17-25/h7-9,11-12,16-17,24,26-28,37H,2-3,6,10,13-15,18-23H2,1,4-5H3/t24?,26-,27-,28?,32+,33?/m0/s1. The molecule has 8 heteroatoms. The molecule has 1 spiro atoms. The largest absolute Gasteiger partial charge is 0.396 e. The van der Waals surface area contributed by atoms with Crippen molar-refractivity contribution in [3.8, 4) is 0 Å². The Morgan fingerprint density at radius 3 is 2.46 bits per heavy atom. The van der Waals surface area contributed by atoms with Gasteiger partial charge in [0.05, 0.1) is 17.4 Å². The number of likely N-dealkylation sites (tertiary alicyclic amines) is 1. The zero-order chi connectivity index (χ0) is 29.8. The number of carbonyl (C=O) groups excluding carboxylic acids is 3. The Morgan fingerprint density at radius 2 is 1.83 bits per heavy atom. The van der Waals surface area contributed by atoms with Crippen LogP contribution < -0.4 is 4.90 Å². The van der Waals surface area contributed by atoms with Crippen molar-refractivity contribution in [3.63, 3.8) is 0 Å². The average Bonchev–Trinajstić information content (AvgIpc) is 3.53. The molecule has 6 atom stereocenters. The highest BCUT2D eigenvalue weighted by Crippen LogP contribution is 2.63. The number of nitrogens with zero attached hydrogens (tertiary/aromatic N) is 3. The van der Waals surface area contributed by atoms with Crippen LogP contribution in [0.25, 0.3) is 0 Å². The van der Waals surface area contributed by atoms with Crippen molar-refractivity contribution in [2.75, 3.05) is 31.1 Å². The van der Waals surface area contributed by atoms with E-state index in [2.05, 4.69) is 20.1 Å². The summed E-state index contributed by atoms with van der Waals surface area (Å²) in [6, 6.07) is 8.59. The molecule has 1 aromatic rings. The first-order valence-electron chi connectivity index (χ1n) is 15.2. The summed E-state index contributed by atoms with van der Waals surface area (Å²) < 4.78 is 6.85. The molecule has 3 fully saturated rings. The topological polar surface area (TPSA) is 90.4 Å². The van der Waals surface area contributed by atoms with Crippen molar-refractivity contribution in [2.45, 2.75) is 89.0 Å². The van der Waals surface area contributed by atoms with Crippen LogP contribution in [-0.2, 0) is 19.1 Å². The fraction of sp³-hybridized carbons (Fsp3) is 0.606. The quantitative estimate of drug-likeness (QED) is 0.253. The van der Waals surface area contributed by atoms with E-state index in [1.165, 1.54) is 0 Å². The van der Waals surface area contributed by atoms with E-state index in [1.54, 1.807) is 22.0 Å². The molecule has 41 heavy (non-hydrogen) atoms. The Labute approximate surface area is 245 Å². The van der Waals surface area contributed by atoms with Crippen LogP contribution in [0.1, 0.15) is 65.7 Å². The summed E-state index contributed by atoms with van der Waals surface area (Å²) in [6.07, 6.45) is 8.35. The number of aliphatic hydroxyl groups is 1. The van der Waals surface area contributed by atoms with Gasteiger partial charge in [-0.25, -0.2) is 0 Å². The van der Waals surface area contributed by atoms with Gasteiger partial charge in [0.15, 0.2) is 0 Å². The SMILES string of the molecule is C=CCN(C(=O)[C@@H]1[C@H]2C(=O)N(CCCCCO)C(C(=O)N(CC=C)C(C)CCC)C23CC[C@@]1(C)O3)c1ccccc1. The van der Waals surface area contributed by atoms with Crippen molar-refractivity contribution in [2.24, 2.45) is 11.8 Å². The van der Waals surface area contributed by atoms with Gasteiger partial charge in [0.1, 0.15) is 11.6 Å². The predicted molar refractivity (Wildman–Crippen MR) is 160 cm³/mol. The molecule has 2 bridgehead atoms. The number of benzene rings is 1. The van der Waals surface area contributed by atoms with E-state index in [-0.39, 0.29) is 30.4 Å². The molecular formula is C33H47N3O5. The summed E-state index contributed by atoms with van der Waals surface area (Å²) in [5.41, 5.74) is -1.18. The number of hydrogen-bond donors (Lipinski definition) is 1. The highest BCUT2D eigenvalue weighted by molar-refractivity contribution is 6.03. The van der Waals surface area contributed by atoms with Gasteiger partial charge in [-0.05, 0) is 64.5 Å². The van der Waals surface area contributed by atoms with E-state index < -0.39 is 29.1 Å². The van der Waals surface area contributed by atoms with Gasteiger partial charge < -0.3 is 24.5 Å². The first-order valence-corrected chi connectivity index (χ1v) is 15.2. The van der Waals surface area contributed by atoms with Gasteiger partial charge in [0.2, 0.25) is 17.7 Å². The third-order valence-corrected chi connectivity index (χ3v) is 9.33. The minimum Gasteiger partial charge on any atom is -0.396 e. The highest BCUT2D eigenvalue weighted by atomic mass is 16.5. The second kappa shape index (κ2) is 12.9. The van der Waals surface area contributed by atoms with Gasteiger partial charge in [-0.2, -0.15) is 0 Å². The smallest absolute Gasteiger partial charge is 0.248 e. The molecule has 0 aliphatic carbocycles. The molecule has 3 heterocycles. The van der Waals surface area contributed by atoms with Crippen LogP contribution in [0.5, 0.6) is 0 Å². The van der Waals surface area contributed by atoms with E-state index in [9.17, 15) is 19.5 Å². The maximum atomic E-state index is 14.5. The molecule has 1 aromatic carbocycles. The van der Waals surface area contributed by atoms with Gasteiger partial charge in [-0.15, -0.1) is 13.2 Å². The second-order valence-electron chi connectivity index (χ2n) is 12.0. The fourth-order valence-electron chi connectivity index (χ4n) is 7.48. The summed E-state index contributed by atoms with van der Waals surface area (Å²) in [5.74, 6) is -1.95. The van der Waals surface area contributed by atoms with Crippen LogP contribution in [0.2, 0.25) is 0 Å². The predicted octanol–water partition coefficient (Wildman–Crippen LogP) is 4.34. The van der Waals surface area contributed by atoms with E-state index in [0.29, 0.717) is 45.3 Å². The summed E-state index contributed by atoms with van der Waals surface area (Å²) in [4.78, 5) is 48.6. The van der Waals surface area contributed by atoms with Crippen LogP contribution >= 0.6 is 0 Å². The molecule has 4 rings (SSSR count). The van der Waals surface area contributed by atoms with Gasteiger partial charge >= 0.3 is 0 Å². The molecule has 3 amide bonds. The molecular weight excluding hydrogens is 518 g/mol. The summed E-state index contributed by atoms with van der Waals surface area (Å²) in [6.45, 7) is 15.0. The van der Waals surface area contributed by atoms with Crippen LogP contribution in [0, 0.1) is 11.8 Å². The summed E-state index contributed by atoms with van der Waals surface area (Å²) in [5, 5.41) is 9.30. The number of amides is 3. The fourth-order valence-corrected chi connectivity index (χ4v) is 7.48. The Balaban J connectivity index is 1.76. The van der Waals surface area contributed by atoms with E-state index in [1.807, 2.05) is 49.1 Å². The number of aliphatic hydroxyl groups excluding tert-OH is 1. The maximum absolute atomic E-state index is 14.5. The molecule has 1 N–H and O–H groups in total. The van der Waals surface area contributed by atoms with Crippen LogP contribution in [0.3, 0.4) is 0 Å². The van der Waals surface area contributed by atoms with Crippen molar-refractivity contribution < 1.29 is 24.2 Å². The van der Waals surface area contributed by atoms with Gasteiger partial charge in [0.25, 0.3) is 0 Å². The molecule has 0 aromatic heterocycles. The van der Waals surface area contributed by atoms with Crippen LogP contribution in [0.15, 0.2) is 55.6 Å². The number of fused-ring (bicyclic) bond motifs is 1. The van der Waals surface area contributed by atoms with Gasteiger partial charge in [-0.3, -0.25) is 14.4 Å². The highest BCUT2D eigenvalue weighted by Gasteiger charge is 2.78. The minimum atomic E-state index is -1.07. The zero-order valence-electron chi connectivity index (χ0n) is 25.0. The Bertz CT molecular complexity index is 1130. The number of carbonyl (C=O) groups is 3. The zero-order valence-corrected chi connectivity index (χ0v) is 25.0. The third-order valence-electron chi connectivity index (χ3n) is 9.33. The summed E-state index contributed by atoms with van der Waals surface area (Å²) in [7, 11) is 0. The normalized spacial score (nSPS) is 28.8. The number of hydrogen-bond acceptors (Lipinski definition) is 5. The molecule has 3 aliphatic heterocycles. The van der Waals surface area contributed by atoms with Gasteiger partial charge in [-0.1, -0.05) is 43.7 Å². The van der Waals surface area contributed by atoms with E-state index >= 15 is 0 Å². The first-order chi connectivity index (χ1) is 19.7. The lowest BCUT2D eigenvalue weighted by Gasteiger charge is -2.39. The number of ether oxygens (including phenoxy) is 1. The van der Waals surface area contributed by atoms with E-state index in [4.69, 9.17) is 4.74 Å². The molecule has 3 saturated heterocycles. The number of unbranched alkanes of at least 4 members (excludes halogenated alkanes) is 2. The lowest BCUT2D eigenvalue weighted by Crippen LogP contribution is -2.58. The van der Waals surface area contributed by atoms with Gasteiger partial charge in [0, 0.05) is 38.0 Å². The Kier molecular flexibility index (Phi) is 9.75. The molecule has 3 unspecified atom stereocenters. The molecule has 3 aliphatic rings. The molecule has 224 valence electrons. The Hall–Kier alpha value is -2.97. The first kappa shape index (κ1) is 31.0. The van der Waals surface area contributed by atoms with E-state index in [0.717, 1.165) is 24.9 Å². The Morgan fingerprint density at radius 1 is 1.12 bits per heavy atom. The minimum absolute atomic E-state index is 0.0277. The third kappa shape index (κ3) is 5.48. The number of para-hydroxylation sites is 1. The number of anilines is 1. The van der Waals surface area contributed by atoms with Crippen LogP contribution in [-0.4, -0.2) is 82.2 Å². The maximum Gasteiger partial charge on any atom is 0.248 e. The second-order valence-corrected chi connectivity index (χ2v) is 12.0. The average molecular weight is 566 g/mol. The monoisotopic (exact) mass is 565 g/mol. The summed E-state index contributed by atoms with van der Waals surface area (Å²) >= 11 is 0. The molecule has 8 nitrogen and oxygen atoms in total. The molecule has 0 radical (unpaired) electrons. The molecule has 0 saturated carbocycles. The lowest BCUT2D eigenvalue weighted by molar-refractivity contribution is -0.152. The van der Waals surface area contributed by atoms with Crippen molar-refractivity contribution in [1.29, 1.82) is 0 Å². The van der Waals surface area contributed by atoms with Crippen molar-refractivity contribution in [1.82, 2.24) is 9.80 Å². The van der Waals surface area contributed by atoms with Crippen LogP contribution in [0.4, 0.5) is 5.69 Å². The van der Waals surface area contributed by atoms with Crippen molar-refractivity contribution >= 4 is 23.4 Å².